The standard InChI is InChI=1S/C14H17FN2O2/c1-9-7-11(17(2)16-9)12(18)8-10-5-4-6-13(19-3)14(10)15/h4-7,12,18H,8H2,1-3H3. The Hall–Kier alpha value is -1.88. The zero-order valence-corrected chi connectivity index (χ0v) is 11.2. The number of methoxy groups -OCH3 is 1. The number of aliphatic hydroxyl groups excluding tert-OH is 1. The molecule has 19 heavy (non-hydrogen) atoms. The summed E-state index contributed by atoms with van der Waals surface area (Å²) in [5, 5.41) is 14.4. The molecule has 2 aromatic rings. The first kappa shape index (κ1) is 13.5. The van der Waals surface area contributed by atoms with E-state index in [0.717, 1.165) is 5.69 Å². The van der Waals surface area contributed by atoms with E-state index < -0.39 is 11.9 Å². The summed E-state index contributed by atoms with van der Waals surface area (Å²) >= 11 is 0. The minimum atomic E-state index is -0.798. The molecule has 0 amide bonds. The predicted molar refractivity (Wildman–Crippen MR) is 69.6 cm³/mol. The largest absolute Gasteiger partial charge is 0.494 e. The molecular weight excluding hydrogens is 247 g/mol. The fraction of sp³-hybridized carbons (Fsp3) is 0.357. The van der Waals surface area contributed by atoms with Gasteiger partial charge in [0, 0.05) is 13.5 Å². The molecule has 4 nitrogen and oxygen atoms in total. The molecule has 2 rings (SSSR count). The molecule has 1 aromatic heterocycles. The van der Waals surface area contributed by atoms with Crippen molar-refractivity contribution in [2.45, 2.75) is 19.4 Å². The van der Waals surface area contributed by atoms with Crippen LogP contribution in [0, 0.1) is 12.7 Å². The summed E-state index contributed by atoms with van der Waals surface area (Å²) in [7, 11) is 3.18. The third-order valence-electron chi connectivity index (χ3n) is 3.06. The zero-order valence-electron chi connectivity index (χ0n) is 11.2. The molecule has 0 spiro atoms. The number of aryl methyl sites for hydroxylation is 2. The number of ether oxygens (including phenoxy) is 1. The van der Waals surface area contributed by atoms with Crippen molar-refractivity contribution in [2.75, 3.05) is 7.11 Å². The summed E-state index contributed by atoms with van der Waals surface area (Å²) in [5.74, 6) is -0.242. The van der Waals surface area contributed by atoms with E-state index >= 15 is 0 Å². The van der Waals surface area contributed by atoms with Gasteiger partial charge in [-0.1, -0.05) is 12.1 Å². The van der Waals surface area contributed by atoms with Crippen LogP contribution in [0.15, 0.2) is 24.3 Å². The molecule has 0 aliphatic heterocycles. The topological polar surface area (TPSA) is 47.3 Å². The minimum absolute atomic E-state index is 0.183. The summed E-state index contributed by atoms with van der Waals surface area (Å²) in [5.41, 5.74) is 1.91. The van der Waals surface area contributed by atoms with Crippen LogP contribution in [0.5, 0.6) is 5.75 Å². The van der Waals surface area contributed by atoms with Gasteiger partial charge >= 0.3 is 0 Å². The Morgan fingerprint density at radius 1 is 1.47 bits per heavy atom. The molecule has 0 saturated carbocycles. The quantitative estimate of drug-likeness (QED) is 0.920. The van der Waals surface area contributed by atoms with Gasteiger partial charge < -0.3 is 9.84 Å². The summed E-state index contributed by atoms with van der Waals surface area (Å²) in [6.45, 7) is 1.85. The summed E-state index contributed by atoms with van der Waals surface area (Å²) < 4.78 is 20.5. The van der Waals surface area contributed by atoms with Crippen molar-refractivity contribution in [1.29, 1.82) is 0 Å². The number of rotatable bonds is 4. The lowest BCUT2D eigenvalue weighted by Gasteiger charge is -2.12. The maximum atomic E-state index is 14.0. The van der Waals surface area contributed by atoms with Gasteiger partial charge in [0.2, 0.25) is 0 Å². The molecule has 0 aliphatic carbocycles. The van der Waals surface area contributed by atoms with E-state index in [9.17, 15) is 9.50 Å². The highest BCUT2D eigenvalue weighted by molar-refractivity contribution is 5.32. The second-order valence-corrected chi connectivity index (χ2v) is 4.49. The van der Waals surface area contributed by atoms with E-state index in [2.05, 4.69) is 5.10 Å². The highest BCUT2D eigenvalue weighted by atomic mass is 19.1. The highest BCUT2D eigenvalue weighted by Gasteiger charge is 2.17. The Morgan fingerprint density at radius 3 is 2.79 bits per heavy atom. The van der Waals surface area contributed by atoms with E-state index in [-0.39, 0.29) is 12.2 Å². The van der Waals surface area contributed by atoms with Gasteiger partial charge in [-0.2, -0.15) is 5.10 Å². The molecule has 0 radical (unpaired) electrons. The average Bonchev–Trinajstić information content (AvgIpc) is 2.71. The smallest absolute Gasteiger partial charge is 0.168 e. The van der Waals surface area contributed by atoms with Gasteiger partial charge in [-0.15, -0.1) is 0 Å². The van der Waals surface area contributed by atoms with Crippen molar-refractivity contribution < 1.29 is 14.2 Å². The normalized spacial score (nSPS) is 12.5. The van der Waals surface area contributed by atoms with E-state index in [1.165, 1.54) is 7.11 Å². The van der Waals surface area contributed by atoms with Crippen molar-refractivity contribution in [2.24, 2.45) is 7.05 Å². The van der Waals surface area contributed by atoms with Crippen molar-refractivity contribution in [1.82, 2.24) is 9.78 Å². The third-order valence-corrected chi connectivity index (χ3v) is 3.06. The first-order valence-corrected chi connectivity index (χ1v) is 6.03. The number of aliphatic hydroxyl groups is 1. The first-order valence-electron chi connectivity index (χ1n) is 6.03. The van der Waals surface area contributed by atoms with Crippen molar-refractivity contribution in [3.8, 4) is 5.75 Å². The van der Waals surface area contributed by atoms with Gasteiger partial charge in [0.1, 0.15) is 0 Å². The van der Waals surface area contributed by atoms with Crippen LogP contribution in [-0.2, 0) is 13.5 Å². The van der Waals surface area contributed by atoms with Crippen molar-refractivity contribution in [3.63, 3.8) is 0 Å². The lowest BCUT2D eigenvalue weighted by molar-refractivity contribution is 0.167. The molecule has 0 saturated heterocycles. The fourth-order valence-electron chi connectivity index (χ4n) is 2.13. The van der Waals surface area contributed by atoms with Gasteiger partial charge in [0.05, 0.1) is 24.6 Å². The van der Waals surface area contributed by atoms with Crippen LogP contribution in [0.1, 0.15) is 23.1 Å². The SMILES string of the molecule is COc1cccc(CC(O)c2cc(C)nn2C)c1F. The van der Waals surface area contributed by atoms with Gasteiger partial charge in [-0.05, 0) is 24.6 Å². The molecule has 1 heterocycles. The van der Waals surface area contributed by atoms with Crippen LogP contribution >= 0.6 is 0 Å². The molecule has 1 unspecified atom stereocenters. The van der Waals surface area contributed by atoms with Crippen LogP contribution in [-0.4, -0.2) is 22.0 Å². The molecule has 0 fully saturated rings. The zero-order chi connectivity index (χ0) is 14.0. The molecule has 0 aliphatic rings. The highest BCUT2D eigenvalue weighted by Crippen LogP contribution is 2.25. The maximum absolute atomic E-state index is 14.0. The van der Waals surface area contributed by atoms with E-state index in [1.54, 1.807) is 36.0 Å². The fourth-order valence-corrected chi connectivity index (χ4v) is 2.13. The number of benzene rings is 1. The Morgan fingerprint density at radius 2 is 2.21 bits per heavy atom. The molecule has 1 atom stereocenters. The van der Waals surface area contributed by atoms with Crippen molar-refractivity contribution in [3.05, 3.63) is 47.0 Å². The average molecular weight is 264 g/mol. The van der Waals surface area contributed by atoms with Crippen LogP contribution in [0.4, 0.5) is 4.39 Å². The second kappa shape index (κ2) is 5.40. The molecular formula is C14H17FN2O2. The summed E-state index contributed by atoms with van der Waals surface area (Å²) in [6, 6.07) is 6.70. The lowest BCUT2D eigenvalue weighted by atomic mass is 10.0. The molecule has 5 heteroatoms. The third kappa shape index (κ3) is 2.76. The van der Waals surface area contributed by atoms with E-state index in [1.807, 2.05) is 6.92 Å². The van der Waals surface area contributed by atoms with E-state index in [4.69, 9.17) is 4.74 Å². The number of hydrogen-bond donors (Lipinski definition) is 1. The van der Waals surface area contributed by atoms with Gasteiger partial charge in [0.15, 0.2) is 11.6 Å². The summed E-state index contributed by atoms with van der Waals surface area (Å²) in [4.78, 5) is 0. The van der Waals surface area contributed by atoms with Gasteiger partial charge in [-0.3, -0.25) is 4.68 Å². The molecule has 1 N–H and O–H groups in total. The summed E-state index contributed by atoms with van der Waals surface area (Å²) in [6.07, 6.45) is -0.616. The van der Waals surface area contributed by atoms with Crippen LogP contribution in [0.3, 0.4) is 0 Å². The number of nitrogens with zero attached hydrogens (tertiary/aromatic N) is 2. The molecule has 1 aromatic carbocycles. The number of hydrogen-bond acceptors (Lipinski definition) is 3. The number of halogens is 1. The van der Waals surface area contributed by atoms with Crippen molar-refractivity contribution >= 4 is 0 Å². The minimum Gasteiger partial charge on any atom is -0.494 e. The maximum Gasteiger partial charge on any atom is 0.168 e. The van der Waals surface area contributed by atoms with Gasteiger partial charge in [0.25, 0.3) is 0 Å². The van der Waals surface area contributed by atoms with Crippen LogP contribution < -0.4 is 4.74 Å². The Labute approximate surface area is 111 Å². The number of aromatic nitrogens is 2. The first-order chi connectivity index (χ1) is 9.02. The monoisotopic (exact) mass is 264 g/mol. The van der Waals surface area contributed by atoms with Gasteiger partial charge in [-0.25, -0.2) is 4.39 Å². The van der Waals surface area contributed by atoms with Crippen LogP contribution in [0.2, 0.25) is 0 Å². The molecule has 0 bridgehead atoms. The predicted octanol–water partition coefficient (Wildman–Crippen LogP) is 2.15. The Bertz CT molecular complexity index is 581. The Kier molecular flexibility index (Phi) is 3.85. The lowest BCUT2D eigenvalue weighted by Crippen LogP contribution is -2.09. The van der Waals surface area contributed by atoms with Crippen LogP contribution in [0.25, 0.3) is 0 Å². The molecule has 102 valence electrons. The second-order valence-electron chi connectivity index (χ2n) is 4.49. The van der Waals surface area contributed by atoms with E-state index in [0.29, 0.717) is 11.3 Å². The Balaban J connectivity index is 2.24.